The van der Waals surface area contributed by atoms with Crippen LogP contribution in [0.15, 0.2) is 41.3 Å². The van der Waals surface area contributed by atoms with Crippen LogP contribution in [-0.4, -0.2) is 99.2 Å². The summed E-state index contributed by atoms with van der Waals surface area (Å²) in [6.45, 7) is 7.49. The van der Waals surface area contributed by atoms with Crippen LogP contribution in [0.25, 0.3) is 5.69 Å². The fraction of sp³-hybridized carbons (Fsp3) is 0.556. The maximum absolute atomic E-state index is 13.2. The Morgan fingerprint density at radius 2 is 1.72 bits per heavy atom. The number of nitrogens with one attached hydrogen (secondary N) is 1. The quantitative estimate of drug-likeness (QED) is 0.493. The Hall–Kier alpha value is -3.32. The van der Waals surface area contributed by atoms with Gasteiger partial charge in [0, 0.05) is 31.9 Å². The van der Waals surface area contributed by atoms with Crippen LogP contribution in [0, 0.1) is 0 Å². The van der Waals surface area contributed by atoms with Gasteiger partial charge in [-0.3, -0.25) is 19.6 Å². The molecule has 5 rings (SSSR count). The number of hydrogen-bond acceptors (Lipinski definition) is 8. The number of likely N-dealkylation sites (tertiary alicyclic amines) is 1. The van der Waals surface area contributed by atoms with Crippen molar-refractivity contribution in [1.82, 2.24) is 24.3 Å². The second-order valence-electron chi connectivity index (χ2n) is 11.4. The number of fused-ring (bicyclic) bond motifs is 2. The van der Waals surface area contributed by atoms with E-state index in [1.165, 1.54) is 10.1 Å². The van der Waals surface area contributed by atoms with E-state index >= 15 is 0 Å². The Morgan fingerprint density at radius 3 is 2.31 bits per heavy atom. The number of rotatable bonds is 5. The van der Waals surface area contributed by atoms with Crippen LogP contribution in [0.2, 0.25) is 0 Å². The molecule has 5 N–H and O–H groups in total. The molecule has 3 aliphatic heterocycles. The van der Waals surface area contributed by atoms with Crippen molar-refractivity contribution < 1.29 is 14.3 Å². The number of hydrogen-bond donors (Lipinski definition) is 3. The highest BCUT2D eigenvalue weighted by atomic mass is 16.5. The van der Waals surface area contributed by atoms with Crippen molar-refractivity contribution in [1.29, 1.82) is 0 Å². The van der Waals surface area contributed by atoms with E-state index in [-0.39, 0.29) is 29.8 Å². The summed E-state index contributed by atoms with van der Waals surface area (Å²) in [4.78, 5) is 48.6. The number of aromatic nitrogens is 2. The molecule has 1 aromatic heterocycles. The lowest BCUT2D eigenvalue weighted by Crippen LogP contribution is -2.69. The van der Waals surface area contributed by atoms with E-state index in [0.29, 0.717) is 38.0 Å². The Balaban J connectivity index is 1.22. The average Bonchev–Trinajstić information content (AvgIpc) is 2.89. The molecular weight excluding hydrogens is 500 g/mol. The molecule has 39 heavy (non-hydrogen) atoms. The van der Waals surface area contributed by atoms with Gasteiger partial charge in [0.2, 0.25) is 5.91 Å². The lowest BCUT2D eigenvalue weighted by atomic mass is 10.00. The summed E-state index contributed by atoms with van der Waals surface area (Å²) in [5, 5.41) is 2.76. The van der Waals surface area contributed by atoms with Crippen LogP contribution >= 0.6 is 0 Å². The fourth-order valence-corrected chi connectivity index (χ4v) is 5.54. The summed E-state index contributed by atoms with van der Waals surface area (Å²) in [7, 11) is 0. The summed E-state index contributed by atoms with van der Waals surface area (Å²) < 4.78 is 7.10. The summed E-state index contributed by atoms with van der Waals surface area (Å²) in [5.74, 6) is 0.00997. The molecule has 0 spiro atoms. The van der Waals surface area contributed by atoms with E-state index in [0.717, 1.165) is 32.5 Å². The van der Waals surface area contributed by atoms with Crippen molar-refractivity contribution in [3.63, 3.8) is 0 Å². The van der Waals surface area contributed by atoms with E-state index in [1.807, 2.05) is 24.3 Å². The molecule has 0 aliphatic carbocycles. The van der Waals surface area contributed by atoms with E-state index in [4.69, 9.17) is 16.2 Å². The van der Waals surface area contributed by atoms with Crippen LogP contribution in [0.5, 0.6) is 0 Å². The van der Waals surface area contributed by atoms with Crippen molar-refractivity contribution >= 4 is 17.8 Å². The summed E-state index contributed by atoms with van der Waals surface area (Å²) in [5.41, 5.74) is 12.4. The summed E-state index contributed by atoms with van der Waals surface area (Å²) in [6.07, 6.45) is 3.63. The number of urea groups is 1. The second kappa shape index (κ2) is 11.0. The molecule has 3 fully saturated rings. The molecule has 210 valence electrons. The number of amides is 3. The monoisotopic (exact) mass is 538 g/mol. The molecule has 3 amide bonds. The Kier molecular flexibility index (Phi) is 7.72. The van der Waals surface area contributed by atoms with Crippen molar-refractivity contribution in [2.24, 2.45) is 11.5 Å². The van der Waals surface area contributed by atoms with Gasteiger partial charge < -0.3 is 26.0 Å². The third kappa shape index (κ3) is 6.14. The van der Waals surface area contributed by atoms with Gasteiger partial charge in [-0.25, -0.2) is 9.59 Å². The zero-order valence-electron chi connectivity index (χ0n) is 22.6. The molecular formula is C27H38N8O4. The molecule has 12 nitrogen and oxygen atoms in total. The highest BCUT2D eigenvalue weighted by Crippen LogP contribution is 2.24. The average molecular weight is 539 g/mol. The van der Waals surface area contributed by atoms with Gasteiger partial charge in [-0.1, -0.05) is 12.1 Å². The number of morpholine rings is 1. The minimum Gasteiger partial charge on any atom is -0.377 e. The number of carbonyl (C=O) groups is 2. The molecule has 3 saturated heterocycles. The van der Waals surface area contributed by atoms with Gasteiger partial charge in [-0.2, -0.15) is 4.98 Å². The predicted octanol–water partition coefficient (Wildman–Crippen LogP) is 0.336. The van der Waals surface area contributed by atoms with Crippen molar-refractivity contribution in [2.75, 3.05) is 44.7 Å². The van der Waals surface area contributed by atoms with E-state index in [2.05, 4.69) is 15.2 Å². The number of ether oxygens (including phenoxy) is 1. The first-order valence-electron chi connectivity index (χ1n) is 13.5. The van der Waals surface area contributed by atoms with Gasteiger partial charge >= 0.3 is 11.7 Å². The third-order valence-corrected chi connectivity index (χ3v) is 7.63. The lowest BCUT2D eigenvalue weighted by Gasteiger charge is -2.50. The lowest BCUT2D eigenvalue weighted by molar-refractivity contribution is -0.145. The maximum atomic E-state index is 13.2. The molecule has 0 radical (unpaired) electrons. The van der Waals surface area contributed by atoms with Crippen LogP contribution < -0.4 is 22.5 Å². The normalized spacial score (nSPS) is 22.6. The summed E-state index contributed by atoms with van der Waals surface area (Å²) in [6, 6.07) is 8.73. The number of benzene rings is 1. The molecule has 2 aromatic rings. The summed E-state index contributed by atoms with van der Waals surface area (Å²) >= 11 is 0. The highest BCUT2D eigenvalue weighted by Gasteiger charge is 2.44. The highest BCUT2D eigenvalue weighted by molar-refractivity contribution is 5.90. The van der Waals surface area contributed by atoms with Crippen molar-refractivity contribution in [3.05, 3.63) is 52.6 Å². The van der Waals surface area contributed by atoms with Gasteiger partial charge in [0.05, 0.1) is 36.5 Å². The van der Waals surface area contributed by atoms with Gasteiger partial charge in [0.1, 0.15) is 5.82 Å². The molecule has 2 unspecified atom stereocenters. The number of anilines is 1. The zero-order chi connectivity index (χ0) is 27.7. The van der Waals surface area contributed by atoms with Crippen LogP contribution in [0.3, 0.4) is 0 Å². The standard InChI is InChI=1S/C27H38N8O4/c1-27(2,29)24(36)33-14-21-16-39-17-22(15-33)35(21)26(38)31-23-9-12-34(25(37)30-23)20-5-3-18(4-6-20)13-32-10-7-19(28)8-11-32/h3-6,9,12,19,21-22H,7-8,10-11,13-17,28-29H2,1-2H3,(H,30,31,37,38). The molecule has 2 bridgehead atoms. The molecule has 2 atom stereocenters. The molecule has 1 aromatic carbocycles. The largest absolute Gasteiger partial charge is 0.377 e. The SMILES string of the molecule is CC(C)(N)C(=O)N1CC2COCC(C1)N2C(=O)Nc1ccn(-c2ccc(CN3CCC(N)CC3)cc2)c(=O)n1. The molecule has 3 aliphatic rings. The molecule has 12 heteroatoms. The van der Waals surface area contributed by atoms with Crippen molar-refractivity contribution in [3.8, 4) is 5.69 Å². The minimum atomic E-state index is -0.990. The fourth-order valence-electron chi connectivity index (χ4n) is 5.54. The van der Waals surface area contributed by atoms with Crippen LogP contribution in [0.4, 0.5) is 10.6 Å². The topological polar surface area (TPSA) is 152 Å². The Labute approximate surface area is 227 Å². The second-order valence-corrected chi connectivity index (χ2v) is 11.4. The maximum Gasteiger partial charge on any atom is 0.354 e. The van der Waals surface area contributed by atoms with E-state index < -0.39 is 11.2 Å². The van der Waals surface area contributed by atoms with Gasteiger partial charge in [0.25, 0.3) is 0 Å². The first-order chi connectivity index (χ1) is 18.6. The number of nitrogens with two attached hydrogens (primary N) is 2. The predicted molar refractivity (Wildman–Crippen MR) is 146 cm³/mol. The number of piperidine rings is 1. The zero-order valence-corrected chi connectivity index (χ0v) is 22.6. The Bertz CT molecular complexity index is 1240. The number of carbonyl (C=O) groups excluding carboxylic acids is 2. The van der Waals surface area contributed by atoms with Crippen molar-refractivity contribution in [2.45, 2.75) is 56.9 Å². The molecule has 4 heterocycles. The Morgan fingerprint density at radius 1 is 1.08 bits per heavy atom. The van der Waals surface area contributed by atoms with Crippen LogP contribution in [-0.2, 0) is 16.1 Å². The van der Waals surface area contributed by atoms with Gasteiger partial charge in [-0.15, -0.1) is 0 Å². The first-order valence-corrected chi connectivity index (χ1v) is 13.5. The third-order valence-electron chi connectivity index (χ3n) is 7.63. The van der Waals surface area contributed by atoms with Gasteiger partial charge in [-0.05, 0) is 63.5 Å². The van der Waals surface area contributed by atoms with Gasteiger partial charge in [0.15, 0.2) is 0 Å². The number of nitrogens with zero attached hydrogens (tertiary/aromatic N) is 5. The van der Waals surface area contributed by atoms with E-state index in [9.17, 15) is 14.4 Å². The minimum absolute atomic E-state index is 0.158. The van der Waals surface area contributed by atoms with E-state index in [1.54, 1.807) is 35.9 Å². The van der Waals surface area contributed by atoms with Crippen LogP contribution in [0.1, 0.15) is 32.3 Å². The first kappa shape index (κ1) is 27.3. The smallest absolute Gasteiger partial charge is 0.354 e. The molecule has 0 saturated carbocycles. The number of piperazine rings is 1.